The van der Waals surface area contributed by atoms with Crippen LogP contribution in [0, 0.1) is 0 Å². The van der Waals surface area contributed by atoms with Gasteiger partial charge in [-0.1, -0.05) is 13.8 Å². The highest BCUT2D eigenvalue weighted by atomic mass is 16.3. The molecule has 16 heavy (non-hydrogen) atoms. The van der Waals surface area contributed by atoms with Gasteiger partial charge in [0.05, 0.1) is 5.60 Å². The summed E-state index contributed by atoms with van der Waals surface area (Å²) in [5.41, 5.74) is -0.611. The molecule has 0 aromatic carbocycles. The third-order valence-electron chi connectivity index (χ3n) is 3.23. The minimum atomic E-state index is -0.611. The minimum absolute atomic E-state index is 0.198. The van der Waals surface area contributed by atoms with Gasteiger partial charge in [-0.25, -0.2) is 0 Å². The molecular formula is C12H24N2O2. The molecule has 1 saturated heterocycles. The minimum Gasteiger partial charge on any atom is -0.388 e. The first-order valence-corrected chi connectivity index (χ1v) is 6.32. The topological polar surface area (TPSA) is 52.6 Å². The summed E-state index contributed by atoms with van der Waals surface area (Å²) in [5.74, 6) is 0.198. The Kier molecular flexibility index (Phi) is 5.22. The number of nitrogens with zero attached hydrogens (tertiary/aromatic N) is 1. The number of nitrogens with one attached hydrogen (secondary N) is 1. The lowest BCUT2D eigenvalue weighted by atomic mass is 9.91. The van der Waals surface area contributed by atoms with Crippen molar-refractivity contribution in [2.24, 2.45) is 0 Å². The predicted molar refractivity (Wildman–Crippen MR) is 64.2 cm³/mol. The lowest BCUT2D eigenvalue weighted by Crippen LogP contribution is -2.51. The molecule has 1 aliphatic heterocycles. The maximum atomic E-state index is 11.5. The van der Waals surface area contributed by atoms with E-state index in [1.165, 1.54) is 0 Å². The second-order valence-corrected chi connectivity index (χ2v) is 4.64. The van der Waals surface area contributed by atoms with Crippen molar-refractivity contribution >= 4 is 5.91 Å². The number of hydrogen-bond acceptors (Lipinski definition) is 3. The van der Waals surface area contributed by atoms with Crippen molar-refractivity contribution in [1.29, 1.82) is 0 Å². The quantitative estimate of drug-likeness (QED) is 0.683. The number of carbonyl (C=O) groups excluding carboxylic acids is 1. The molecule has 0 spiro atoms. The van der Waals surface area contributed by atoms with Gasteiger partial charge in [-0.05, 0) is 25.8 Å². The van der Waals surface area contributed by atoms with Crippen molar-refractivity contribution in [2.45, 2.75) is 45.1 Å². The Morgan fingerprint density at radius 3 is 2.50 bits per heavy atom. The molecular weight excluding hydrogens is 204 g/mol. The largest absolute Gasteiger partial charge is 0.388 e. The van der Waals surface area contributed by atoms with Gasteiger partial charge in [0.15, 0.2) is 0 Å². The first-order chi connectivity index (χ1) is 7.61. The molecule has 4 heteroatoms. The Hall–Kier alpha value is -0.610. The van der Waals surface area contributed by atoms with Gasteiger partial charge in [0, 0.05) is 26.1 Å². The summed E-state index contributed by atoms with van der Waals surface area (Å²) in [5, 5.41) is 13.5. The van der Waals surface area contributed by atoms with Crippen LogP contribution in [-0.2, 0) is 4.79 Å². The molecule has 0 radical (unpaired) electrons. The SMILES string of the molecule is CCCNCC1(O)CCN(C(=O)CC)CC1. The van der Waals surface area contributed by atoms with E-state index < -0.39 is 5.60 Å². The van der Waals surface area contributed by atoms with E-state index in [1.807, 2.05) is 11.8 Å². The van der Waals surface area contributed by atoms with Gasteiger partial charge >= 0.3 is 0 Å². The zero-order valence-electron chi connectivity index (χ0n) is 10.5. The Balaban J connectivity index is 2.32. The van der Waals surface area contributed by atoms with Crippen molar-refractivity contribution < 1.29 is 9.90 Å². The van der Waals surface area contributed by atoms with Crippen LogP contribution in [0.25, 0.3) is 0 Å². The Labute approximate surface area is 98.0 Å². The summed E-state index contributed by atoms with van der Waals surface area (Å²) < 4.78 is 0. The van der Waals surface area contributed by atoms with E-state index in [4.69, 9.17) is 0 Å². The molecule has 0 aliphatic carbocycles. The molecule has 0 unspecified atom stereocenters. The molecule has 1 heterocycles. The molecule has 2 N–H and O–H groups in total. The van der Waals surface area contributed by atoms with Crippen LogP contribution in [-0.4, -0.2) is 47.7 Å². The van der Waals surface area contributed by atoms with Crippen molar-refractivity contribution in [1.82, 2.24) is 10.2 Å². The van der Waals surface area contributed by atoms with Crippen molar-refractivity contribution in [2.75, 3.05) is 26.2 Å². The van der Waals surface area contributed by atoms with Crippen LogP contribution >= 0.6 is 0 Å². The van der Waals surface area contributed by atoms with Crippen LogP contribution in [0.5, 0.6) is 0 Å². The lowest BCUT2D eigenvalue weighted by Gasteiger charge is -2.38. The van der Waals surface area contributed by atoms with E-state index in [0.29, 0.717) is 38.9 Å². The summed E-state index contributed by atoms with van der Waals surface area (Å²) in [4.78, 5) is 13.3. The normalized spacial score (nSPS) is 19.8. The lowest BCUT2D eigenvalue weighted by molar-refractivity contribution is -0.134. The van der Waals surface area contributed by atoms with Crippen LogP contribution < -0.4 is 5.32 Å². The van der Waals surface area contributed by atoms with E-state index in [0.717, 1.165) is 13.0 Å². The molecule has 1 aliphatic rings. The number of likely N-dealkylation sites (tertiary alicyclic amines) is 1. The smallest absolute Gasteiger partial charge is 0.222 e. The summed E-state index contributed by atoms with van der Waals surface area (Å²) in [6.45, 7) is 6.97. The highest BCUT2D eigenvalue weighted by Crippen LogP contribution is 2.21. The molecule has 4 nitrogen and oxygen atoms in total. The van der Waals surface area contributed by atoms with Crippen molar-refractivity contribution in [3.05, 3.63) is 0 Å². The monoisotopic (exact) mass is 228 g/mol. The molecule has 1 amide bonds. The third kappa shape index (κ3) is 3.76. The molecule has 1 fully saturated rings. The molecule has 0 bridgehead atoms. The van der Waals surface area contributed by atoms with E-state index in [-0.39, 0.29) is 5.91 Å². The van der Waals surface area contributed by atoms with Crippen LogP contribution in [0.1, 0.15) is 39.5 Å². The van der Waals surface area contributed by atoms with Gasteiger partial charge < -0.3 is 15.3 Å². The number of amides is 1. The fourth-order valence-electron chi connectivity index (χ4n) is 2.07. The molecule has 1 rings (SSSR count). The Bertz CT molecular complexity index is 223. The molecule has 0 saturated carbocycles. The van der Waals surface area contributed by atoms with Gasteiger partial charge in [-0.15, -0.1) is 0 Å². The second kappa shape index (κ2) is 6.21. The molecule has 0 atom stereocenters. The Morgan fingerprint density at radius 1 is 1.38 bits per heavy atom. The number of hydrogen-bond donors (Lipinski definition) is 2. The predicted octanol–water partition coefficient (Wildman–Crippen LogP) is 0.749. The van der Waals surface area contributed by atoms with Crippen LogP contribution in [0.15, 0.2) is 0 Å². The van der Waals surface area contributed by atoms with E-state index >= 15 is 0 Å². The molecule has 94 valence electrons. The van der Waals surface area contributed by atoms with E-state index in [9.17, 15) is 9.90 Å². The van der Waals surface area contributed by atoms with Gasteiger partial charge in [-0.2, -0.15) is 0 Å². The number of rotatable bonds is 5. The van der Waals surface area contributed by atoms with E-state index in [1.54, 1.807) is 0 Å². The molecule has 0 aromatic rings. The maximum Gasteiger partial charge on any atom is 0.222 e. The van der Waals surface area contributed by atoms with Gasteiger partial charge in [0.25, 0.3) is 0 Å². The highest BCUT2D eigenvalue weighted by Gasteiger charge is 2.32. The highest BCUT2D eigenvalue weighted by molar-refractivity contribution is 5.75. The average molecular weight is 228 g/mol. The molecule has 0 aromatic heterocycles. The average Bonchev–Trinajstić information content (AvgIpc) is 2.29. The van der Waals surface area contributed by atoms with Crippen molar-refractivity contribution in [3.8, 4) is 0 Å². The van der Waals surface area contributed by atoms with Crippen LogP contribution in [0.4, 0.5) is 0 Å². The Morgan fingerprint density at radius 2 is 2.00 bits per heavy atom. The standard InChI is InChI=1S/C12H24N2O2/c1-3-7-13-10-12(16)5-8-14(9-6-12)11(15)4-2/h13,16H,3-10H2,1-2H3. The zero-order chi connectivity index (χ0) is 12.0. The fraction of sp³-hybridized carbons (Fsp3) is 0.917. The number of aliphatic hydroxyl groups is 1. The van der Waals surface area contributed by atoms with Crippen LogP contribution in [0.3, 0.4) is 0 Å². The number of carbonyl (C=O) groups is 1. The second-order valence-electron chi connectivity index (χ2n) is 4.64. The summed E-state index contributed by atoms with van der Waals surface area (Å²) in [6, 6.07) is 0. The van der Waals surface area contributed by atoms with Gasteiger partial charge in [0.1, 0.15) is 0 Å². The maximum absolute atomic E-state index is 11.5. The van der Waals surface area contributed by atoms with Crippen molar-refractivity contribution in [3.63, 3.8) is 0 Å². The van der Waals surface area contributed by atoms with E-state index in [2.05, 4.69) is 12.2 Å². The summed E-state index contributed by atoms with van der Waals surface area (Å²) in [6.07, 6.45) is 3.02. The zero-order valence-corrected chi connectivity index (χ0v) is 10.5. The fourth-order valence-corrected chi connectivity index (χ4v) is 2.07. The van der Waals surface area contributed by atoms with Gasteiger partial charge in [-0.3, -0.25) is 4.79 Å². The summed E-state index contributed by atoms with van der Waals surface area (Å²) in [7, 11) is 0. The third-order valence-corrected chi connectivity index (χ3v) is 3.23. The van der Waals surface area contributed by atoms with Gasteiger partial charge in [0.2, 0.25) is 5.91 Å². The first kappa shape index (κ1) is 13.5. The number of piperidine rings is 1. The summed E-state index contributed by atoms with van der Waals surface area (Å²) >= 11 is 0. The first-order valence-electron chi connectivity index (χ1n) is 6.32. The van der Waals surface area contributed by atoms with Crippen LogP contribution in [0.2, 0.25) is 0 Å².